The van der Waals surface area contributed by atoms with Crippen LogP contribution in [-0.2, 0) is 24.0 Å². The van der Waals surface area contributed by atoms with E-state index in [1.165, 1.54) is 4.90 Å². The van der Waals surface area contributed by atoms with Gasteiger partial charge in [-0.05, 0) is 31.6 Å². The molecule has 0 fully saturated rings. The lowest BCUT2D eigenvalue weighted by Crippen LogP contribution is -2.51. The predicted octanol–water partition coefficient (Wildman–Crippen LogP) is 4.10. The molecule has 0 aromatic heterocycles. The molecule has 0 heterocycles. The minimum atomic E-state index is -0.919. The van der Waals surface area contributed by atoms with Crippen LogP contribution in [0.2, 0.25) is 0 Å². The van der Waals surface area contributed by atoms with Crippen LogP contribution in [0.15, 0.2) is 37.0 Å². The zero-order valence-corrected chi connectivity index (χ0v) is 26.3. The monoisotopic (exact) mass is 574 g/mol. The Bertz CT molecular complexity index is 912. The van der Waals surface area contributed by atoms with E-state index in [4.69, 9.17) is 0 Å². The molecule has 0 aromatic rings. The van der Waals surface area contributed by atoms with Gasteiger partial charge in [-0.15, -0.1) is 0 Å². The summed E-state index contributed by atoms with van der Waals surface area (Å²) in [5, 5.41) is 8.11. The summed E-state index contributed by atoms with van der Waals surface area (Å²) >= 11 is 0. The Hall–Kier alpha value is -3.23. The molecule has 5 unspecified atom stereocenters. The summed E-state index contributed by atoms with van der Waals surface area (Å²) < 4.78 is 0. The van der Waals surface area contributed by atoms with Gasteiger partial charge >= 0.3 is 0 Å². The standard InChI is InChI=1S/C32H54N4O5/c1-9-13-15-16-17-18-24(6)28(32(41)36(7)8)35-27(37)20-21-33-31(40)29(38)26(22-23(5)11-3)34-30(39)25(12-4)19-14-10-2/h9,13,15,17-18,23-26,28H,1,10-12,14,16,19-22H2,2-8H3,(H,33,40)(H,34,39)(H,35,37)/b15-13-,18-17-. The van der Waals surface area contributed by atoms with Gasteiger partial charge in [-0.3, -0.25) is 24.0 Å². The highest BCUT2D eigenvalue weighted by Crippen LogP contribution is 2.16. The van der Waals surface area contributed by atoms with Crippen molar-refractivity contribution in [2.24, 2.45) is 17.8 Å². The second-order valence-electron chi connectivity index (χ2n) is 10.9. The summed E-state index contributed by atoms with van der Waals surface area (Å²) in [6.07, 6.45) is 14.3. The van der Waals surface area contributed by atoms with E-state index in [-0.39, 0.29) is 42.5 Å². The minimum absolute atomic E-state index is 0.0755. The molecule has 5 atom stereocenters. The molecule has 0 spiro atoms. The van der Waals surface area contributed by atoms with E-state index in [9.17, 15) is 24.0 Å². The molecule has 0 radical (unpaired) electrons. The highest BCUT2D eigenvalue weighted by Gasteiger charge is 2.30. The lowest BCUT2D eigenvalue weighted by Gasteiger charge is -2.25. The average molecular weight is 575 g/mol. The Kier molecular flexibility index (Phi) is 19.8. The van der Waals surface area contributed by atoms with E-state index in [0.717, 1.165) is 25.7 Å². The molecule has 232 valence electrons. The van der Waals surface area contributed by atoms with Crippen molar-refractivity contribution in [3.63, 3.8) is 0 Å². The molecule has 0 aliphatic heterocycles. The van der Waals surface area contributed by atoms with Gasteiger partial charge in [-0.1, -0.05) is 90.8 Å². The maximum atomic E-state index is 13.0. The molecular formula is C32H54N4O5. The van der Waals surface area contributed by atoms with E-state index in [1.807, 2.05) is 52.0 Å². The lowest BCUT2D eigenvalue weighted by molar-refractivity contribution is -0.141. The fraction of sp³-hybridized carbons (Fsp3) is 0.656. The fourth-order valence-electron chi connectivity index (χ4n) is 4.20. The van der Waals surface area contributed by atoms with Crippen LogP contribution in [0.5, 0.6) is 0 Å². The predicted molar refractivity (Wildman–Crippen MR) is 165 cm³/mol. The first-order chi connectivity index (χ1) is 19.4. The van der Waals surface area contributed by atoms with Crippen LogP contribution in [0, 0.1) is 17.8 Å². The Morgan fingerprint density at radius 1 is 0.951 bits per heavy atom. The van der Waals surface area contributed by atoms with Crippen molar-refractivity contribution in [1.29, 1.82) is 0 Å². The zero-order chi connectivity index (χ0) is 31.4. The maximum absolute atomic E-state index is 13.0. The fourth-order valence-corrected chi connectivity index (χ4v) is 4.20. The normalized spacial score (nSPS) is 15.0. The number of unbranched alkanes of at least 4 members (excludes halogenated alkanes) is 1. The number of nitrogens with one attached hydrogen (secondary N) is 3. The van der Waals surface area contributed by atoms with E-state index in [1.54, 1.807) is 20.2 Å². The first-order valence-corrected chi connectivity index (χ1v) is 15.0. The molecule has 0 rings (SSSR count). The molecule has 0 aliphatic carbocycles. The van der Waals surface area contributed by atoms with E-state index in [2.05, 4.69) is 29.5 Å². The van der Waals surface area contributed by atoms with Crippen molar-refractivity contribution < 1.29 is 24.0 Å². The van der Waals surface area contributed by atoms with Gasteiger partial charge in [-0.25, -0.2) is 0 Å². The van der Waals surface area contributed by atoms with Gasteiger partial charge in [0.2, 0.25) is 23.5 Å². The van der Waals surface area contributed by atoms with E-state index >= 15 is 0 Å². The summed E-state index contributed by atoms with van der Waals surface area (Å²) in [7, 11) is 3.25. The number of hydrogen-bond acceptors (Lipinski definition) is 5. The Morgan fingerprint density at radius 2 is 1.63 bits per heavy atom. The highest BCUT2D eigenvalue weighted by atomic mass is 16.2. The zero-order valence-electron chi connectivity index (χ0n) is 26.3. The third-order valence-corrected chi connectivity index (χ3v) is 7.13. The first kappa shape index (κ1) is 37.8. The van der Waals surface area contributed by atoms with E-state index in [0.29, 0.717) is 19.3 Å². The molecule has 0 aliphatic rings. The van der Waals surface area contributed by atoms with Crippen molar-refractivity contribution in [2.75, 3.05) is 20.6 Å². The number of Topliss-reactive ketones (excluding diaryl/α,β-unsaturated/α-hetero) is 1. The third kappa shape index (κ3) is 15.4. The van der Waals surface area contributed by atoms with Crippen molar-refractivity contribution in [2.45, 2.75) is 98.1 Å². The number of ketones is 1. The number of rotatable bonds is 21. The molecule has 0 aromatic carbocycles. The average Bonchev–Trinajstić information content (AvgIpc) is 2.94. The summed E-state index contributed by atoms with van der Waals surface area (Å²) in [5.41, 5.74) is 0. The van der Waals surface area contributed by atoms with E-state index < -0.39 is 29.7 Å². The van der Waals surface area contributed by atoms with Crippen molar-refractivity contribution in [3.05, 3.63) is 37.0 Å². The maximum Gasteiger partial charge on any atom is 0.289 e. The van der Waals surface area contributed by atoms with Gasteiger partial charge in [0.25, 0.3) is 5.91 Å². The Labute approximate surface area is 247 Å². The number of likely N-dealkylation sites (N-methyl/N-ethyl adjacent to an activating group) is 1. The van der Waals surface area contributed by atoms with Crippen LogP contribution in [0.1, 0.15) is 86.0 Å². The number of amides is 4. The number of carbonyl (C=O) groups is 5. The van der Waals surface area contributed by atoms with Crippen LogP contribution < -0.4 is 16.0 Å². The van der Waals surface area contributed by atoms with Gasteiger partial charge in [0.05, 0.1) is 6.04 Å². The van der Waals surface area contributed by atoms with Crippen molar-refractivity contribution >= 4 is 29.4 Å². The lowest BCUT2D eigenvalue weighted by atomic mass is 9.94. The van der Waals surface area contributed by atoms with Gasteiger partial charge in [0.1, 0.15) is 6.04 Å². The SMILES string of the molecule is C=C/C=C\C/C=C\C(C)C(NC(=O)CCNC(=O)C(=O)C(CC(C)CC)NC(=O)C(CC)CCCC)C(=O)N(C)C. The number of carbonyl (C=O) groups excluding carboxylic acids is 5. The number of nitrogens with zero attached hydrogens (tertiary/aromatic N) is 1. The topological polar surface area (TPSA) is 125 Å². The third-order valence-electron chi connectivity index (χ3n) is 7.13. The molecule has 41 heavy (non-hydrogen) atoms. The van der Waals surface area contributed by atoms with Crippen LogP contribution in [0.4, 0.5) is 0 Å². The molecule has 0 bridgehead atoms. The molecule has 3 N–H and O–H groups in total. The van der Waals surface area contributed by atoms with Crippen LogP contribution in [0.25, 0.3) is 0 Å². The minimum Gasteiger partial charge on any atom is -0.349 e. The summed E-state index contributed by atoms with van der Waals surface area (Å²) in [6.45, 7) is 13.4. The molecule has 9 nitrogen and oxygen atoms in total. The smallest absolute Gasteiger partial charge is 0.289 e. The first-order valence-electron chi connectivity index (χ1n) is 15.0. The highest BCUT2D eigenvalue weighted by molar-refractivity contribution is 6.38. The van der Waals surface area contributed by atoms with Gasteiger partial charge in [0, 0.05) is 38.9 Å². The summed E-state index contributed by atoms with van der Waals surface area (Å²) in [4.78, 5) is 65.5. The number of allylic oxidation sites excluding steroid dienone is 4. The molecular weight excluding hydrogens is 520 g/mol. The van der Waals surface area contributed by atoms with Crippen LogP contribution >= 0.6 is 0 Å². The number of hydrogen-bond donors (Lipinski definition) is 3. The largest absolute Gasteiger partial charge is 0.349 e. The quantitative estimate of drug-likeness (QED) is 0.108. The second-order valence-corrected chi connectivity index (χ2v) is 10.9. The van der Waals surface area contributed by atoms with Crippen molar-refractivity contribution in [3.8, 4) is 0 Å². The molecule has 4 amide bonds. The summed E-state index contributed by atoms with van der Waals surface area (Å²) in [5.74, 6) is -2.75. The molecule has 0 saturated carbocycles. The van der Waals surface area contributed by atoms with Gasteiger partial charge < -0.3 is 20.9 Å². The second kappa shape index (κ2) is 21.5. The molecule has 9 heteroatoms. The van der Waals surface area contributed by atoms with Crippen LogP contribution in [-0.4, -0.2) is 67.0 Å². The Morgan fingerprint density at radius 3 is 2.20 bits per heavy atom. The van der Waals surface area contributed by atoms with Crippen LogP contribution in [0.3, 0.4) is 0 Å². The van der Waals surface area contributed by atoms with Crippen molar-refractivity contribution in [1.82, 2.24) is 20.9 Å². The Balaban J connectivity index is 5.22. The van der Waals surface area contributed by atoms with Gasteiger partial charge in [0.15, 0.2) is 0 Å². The molecule has 0 saturated heterocycles. The summed E-state index contributed by atoms with van der Waals surface area (Å²) in [6, 6.07) is -1.69. The van der Waals surface area contributed by atoms with Gasteiger partial charge in [-0.2, -0.15) is 0 Å².